The minimum Gasteiger partial charge on any atom is -0.479 e. The number of ether oxygens (including phenoxy) is 1. The molecule has 98 valence electrons. The van der Waals surface area contributed by atoms with Crippen LogP contribution in [0.2, 0.25) is 0 Å². The van der Waals surface area contributed by atoms with E-state index in [1.807, 2.05) is 0 Å². The Balaban J connectivity index is 2.19. The first-order chi connectivity index (χ1) is 8.02. The summed E-state index contributed by atoms with van der Waals surface area (Å²) in [6, 6.07) is -0.422. The first-order valence-corrected chi connectivity index (χ1v) is 5.51. The summed E-state index contributed by atoms with van der Waals surface area (Å²) in [6.07, 6.45) is 1.10. The fourth-order valence-corrected chi connectivity index (χ4v) is 1.80. The van der Waals surface area contributed by atoms with E-state index < -0.39 is 18.1 Å². The predicted octanol–water partition coefficient (Wildman–Crippen LogP) is -0.701. The Morgan fingerprint density at radius 1 is 1.47 bits per heavy atom. The maximum atomic E-state index is 11.4. The van der Waals surface area contributed by atoms with Crippen LogP contribution in [0.5, 0.6) is 0 Å². The molecule has 0 heterocycles. The van der Waals surface area contributed by atoms with E-state index in [0.29, 0.717) is 0 Å². The van der Waals surface area contributed by atoms with Crippen LogP contribution < -0.4 is 10.6 Å². The molecule has 4 N–H and O–H groups in total. The zero-order chi connectivity index (χ0) is 12.8. The van der Waals surface area contributed by atoms with Crippen molar-refractivity contribution >= 4 is 12.0 Å². The number of urea groups is 1. The molecular formula is C10H18N2O5. The molecule has 0 aromatic rings. The Hall–Kier alpha value is -1.34. The van der Waals surface area contributed by atoms with Crippen LogP contribution in [0.3, 0.4) is 0 Å². The third kappa shape index (κ3) is 4.58. The van der Waals surface area contributed by atoms with E-state index in [-0.39, 0.29) is 18.7 Å². The van der Waals surface area contributed by atoms with Gasteiger partial charge in [-0.05, 0) is 19.3 Å². The number of aliphatic hydroxyl groups excluding tert-OH is 1. The molecule has 0 saturated heterocycles. The SMILES string of the molecule is COC1CCC(NC(=O)NC[C@H](O)C(=O)O)C1. The Bertz CT molecular complexity index is 284. The van der Waals surface area contributed by atoms with E-state index in [1.165, 1.54) is 0 Å². The highest BCUT2D eigenvalue weighted by Gasteiger charge is 2.25. The topological polar surface area (TPSA) is 108 Å². The lowest BCUT2D eigenvalue weighted by atomic mass is 10.2. The van der Waals surface area contributed by atoms with Gasteiger partial charge in [-0.3, -0.25) is 0 Å². The summed E-state index contributed by atoms with van der Waals surface area (Å²) >= 11 is 0. The third-order valence-corrected chi connectivity index (χ3v) is 2.79. The van der Waals surface area contributed by atoms with Gasteiger partial charge in [0.05, 0.1) is 12.6 Å². The lowest BCUT2D eigenvalue weighted by molar-refractivity contribution is -0.146. The second-order valence-corrected chi connectivity index (χ2v) is 4.08. The highest BCUT2D eigenvalue weighted by atomic mass is 16.5. The molecule has 7 nitrogen and oxygen atoms in total. The normalized spacial score (nSPS) is 25.3. The van der Waals surface area contributed by atoms with Crippen LogP contribution in [-0.2, 0) is 9.53 Å². The molecule has 3 atom stereocenters. The maximum absolute atomic E-state index is 11.4. The van der Waals surface area contributed by atoms with E-state index in [1.54, 1.807) is 7.11 Å². The van der Waals surface area contributed by atoms with Gasteiger partial charge >= 0.3 is 12.0 Å². The van der Waals surface area contributed by atoms with Crippen molar-refractivity contribution < 1.29 is 24.5 Å². The van der Waals surface area contributed by atoms with Gasteiger partial charge in [-0.15, -0.1) is 0 Å². The number of aliphatic carboxylic acids is 1. The van der Waals surface area contributed by atoms with E-state index >= 15 is 0 Å². The number of carboxylic acids is 1. The monoisotopic (exact) mass is 246 g/mol. The van der Waals surface area contributed by atoms with Gasteiger partial charge in [0.1, 0.15) is 0 Å². The molecule has 0 bridgehead atoms. The van der Waals surface area contributed by atoms with Gasteiger partial charge in [-0.25, -0.2) is 9.59 Å². The van der Waals surface area contributed by atoms with Crippen LogP contribution in [0.4, 0.5) is 4.79 Å². The van der Waals surface area contributed by atoms with Crippen LogP contribution in [0, 0.1) is 0 Å². The molecule has 0 radical (unpaired) electrons. The lowest BCUT2D eigenvalue weighted by Crippen LogP contribution is -2.45. The highest BCUT2D eigenvalue weighted by Crippen LogP contribution is 2.21. The van der Waals surface area contributed by atoms with Gasteiger partial charge in [0.2, 0.25) is 0 Å². The molecule has 0 aromatic heterocycles. The molecule has 0 aliphatic heterocycles. The number of rotatable bonds is 5. The Morgan fingerprint density at radius 3 is 2.71 bits per heavy atom. The standard InChI is InChI=1S/C10H18N2O5/c1-17-7-3-2-6(4-7)12-10(16)11-5-8(13)9(14)15/h6-8,13H,2-5H2,1H3,(H,14,15)(H2,11,12,16)/t6?,7?,8-/m0/s1. The zero-order valence-corrected chi connectivity index (χ0v) is 9.68. The summed E-state index contributed by atoms with van der Waals surface area (Å²) in [5, 5.41) is 22.4. The van der Waals surface area contributed by atoms with Gasteiger partial charge in [0.15, 0.2) is 6.10 Å². The lowest BCUT2D eigenvalue weighted by Gasteiger charge is -2.14. The number of carbonyl (C=O) groups excluding carboxylic acids is 1. The van der Waals surface area contributed by atoms with E-state index in [4.69, 9.17) is 14.9 Å². The largest absolute Gasteiger partial charge is 0.479 e. The maximum Gasteiger partial charge on any atom is 0.334 e. The fourth-order valence-electron chi connectivity index (χ4n) is 1.80. The number of carboxylic acid groups (broad SMARTS) is 1. The number of aliphatic hydroxyl groups is 1. The molecule has 2 unspecified atom stereocenters. The van der Waals surface area contributed by atoms with Crippen LogP contribution >= 0.6 is 0 Å². The summed E-state index contributed by atoms with van der Waals surface area (Å²) < 4.78 is 5.16. The van der Waals surface area contributed by atoms with Crippen molar-refractivity contribution in [1.29, 1.82) is 0 Å². The number of carbonyl (C=O) groups is 2. The molecule has 17 heavy (non-hydrogen) atoms. The second-order valence-electron chi connectivity index (χ2n) is 4.08. The summed E-state index contributed by atoms with van der Waals surface area (Å²) in [6.45, 7) is -0.304. The fraction of sp³-hybridized carbons (Fsp3) is 0.800. The smallest absolute Gasteiger partial charge is 0.334 e. The average molecular weight is 246 g/mol. The predicted molar refractivity (Wildman–Crippen MR) is 58.6 cm³/mol. The van der Waals surface area contributed by atoms with Crippen molar-refractivity contribution in [1.82, 2.24) is 10.6 Å². The van der Waals surface area contributed by atoms with Crippen molar-refractivity contribution in [2.24, 2.45) is 0 Å². The number of nitrogens with one attached hydrogen (secondary N) is 2. The molecule has 2 amide bonds. The summed E-state index contributed by atoms with van der Waals surface area (Å²) in [5.41, 5.74) is 0. The number of hydrogen-bond donors (Lipinski definition) is 4. The van der Waals surface area contributed by atoms with Crippen LogP contribution in [0.1, 0.15) is 19.3 Å². The van der Waals surface area contributed by atoms with E-state index in [2.05, 4.69) is 10.6 Å². The molecular weight excluding hydrogens is 228 g/mol. The summed E-state index contributed by atoms with van der Waals surface area (Å²) in [5.74, 6) is -1.36. The Kier molecular flexibility index (Phi) is 5.17. The van der Waals surface area contributed by atoms with Crippen molar-refractivity contribution in [3.63, 3.8) is 0 Å². The van der Waals surface area contributed by atoms with Crippen molar-refractivity contribution in [2.45, 2.75) is 37.5 Å². The van der Waals surface area contributed by atoms with Crippen molar-refractivity contribution in [2.75, 3.05) is 13.7 Å². The van der Waals surface area contributed by atoms with Gasteiger partial charge in [0, 0.05) is 13.2 Å². The Morgan fingerprint density at radius 2 is 2.18 bits per heavy atom. The molecule has 0 spiro atoms. The molecule has 1 fully saturated rings. The first-order valence-electron chi connectivity index (χ1n) is 5.51. The molecule has 1 aliphatic rings. The van der Waals surface area contributed by atoms with Gasteiger partial charge in [0.25, 0.3) is 0 Å². The number of methoxy groups -OCH3 is 1. The minimum atomic E-state index is -1.57. The van der Waals surface area contributed by atoms with Gasteiger partial charge in [-0.1, -0.05) is 0 Å². The number of amides is 2. The minimum absolute atomic E-state index is 0.0434. The molecule has 1 saturated carbocycles. The molecule has 0 aromatic carbocycles. The summed E-state index contributed by atoms with van der Waals surface area (Å²) in [4.78, 5) is 21.7. The molecule has 1 rings (SSSR count). The van der Waals surface area contributed by atoms with Gasteiger partial charge < -0.3 is 25.6 Å². The Labute approximate surface area is 99.1 Å². The van der Waals surface area contributed by atoms with E-state index in [9.17, 15) is 9.59 Å². The molecule has 1 aliphatic carbocycles. The number of hydrogen-bond acceptors (Lipinski definition) is 4. The van der Waals surface area contributed by atoms with Crippen molar-refractivity contribution in [3.05, 3.63) is 0 Å². The zero-order valence-electron chi connectivity index (χ0n) is 9.68. The third-order valence-electron chi connectivity index (χ3n) is 2.79. The van der Waals surface area contributed by atoms with Crippen LogP contribution in [-0.4, -0.2) is 54.1 Å². The van der Waals surface area contributed by atoms with Crippen LogP contribution in [0.25, 0.3) is 0 Å². The van der Waals surface area contributed by atoms with Gasteiger partial charge in [-0.2, -0.15) is 0 Å². The summed E-state index contributed by atoms with van der Waals surface area (Å²) in [7, 11) is 1.64. The highest BCUT2D eigenvalue weighted by molar-refractivity contribution is 5.76. The average Bonchev–Trinajstić information content (AvgIpc) is 2.73. The molecule has 7 heteroatoms. The van der Waals surface area contributed by atoms with Crippen LogP contribution in [0.15, 0.2) is 0 Å². The van der Waals surface area contributed by atoms with E-state index in [0.717, 1.165) is 19.3 Å². The first kappa shape index (κ1) is 13.7. The quantitative estimate of drug-likeness (QED) is 0.513. The van der Waals surface area contributed by atoms with Crippen molar-refractivity contribution in [3.8, 4) is 0 Å². The second kappa shape index (κ2) is 6.41.